The molecule has 6 nitrogen and oxygen atoms in total. The summed E-state index contributed by atoms with van der Waals surface area (Å²) >= 11 is 2.82. The third-order valence-corrected chi connectivity index (χ3v) is 6.49. The van der Waals surface area contributed by atoms with Crippen LogP contribution < -0.4 is 5.56 Å². The highest BCUT2D eigenvalue weighted by Gasteiger charge is 2.15. The van der Waals surface area contributed by atoms with E-state index in [4.69, 9.17) is 4.42 Å². The molecule has 2 aromatic carbocycles. The lowest BCUT2D eigenvalue weighted by atomic mass is 10.1. The first-order chi connectivity index (χ1) is 15.1. The summed E-state index contributed by atoms with van der Waals surface area (Å²) in [4.78, 5) is 21.0. The molecule has 0 amide bonds. The minimum Gasteiger partial charge on any atom is -0.411 e. The second-order valence-electron chi connectivity index (χ2n) is 7.25. The molecule has 1 N–H and O–H groups in total. The van der Waals surface area contributed by atoms with E-state index < -0.39 is 0 Å². The molecule has 0 unspecified atom stereocenters. The number of fused-ring (bicyclic) bond motifs is 1. The van der Waals surface area contributed by atoms with Gasteiger partial charge in [0.2, 0.25) is 5.89 Å². The fourth-order valence-corrected chi connectivity index (χ4v) is 5.11. The second-order valence-corrected chi connectivity index (χ2v) is 9.03. The lowest BCUT2D eigenvalue weighted by Crippen LogP contribution is -2.10. The van der Waals surface area contributed by atoms with Crippen LogP contribution in [0.4, 0.5) is 0 Å². The van der Waals surface area contributed by atoms with E-state index in [1.807, 2.05) is 61.7 Å². The van der Waals surface area contributed by atoms with Crippen LogP contribution in [0.25, 0.3) is 32.8 Å². The Morgan fingerprint density at radius 1 is 1.03 bits per heavy atom. The van der Waals surface area contributed by atoms with E-state index in [1.54, 1.807) is 0 Å². The summed E-state index contributed by atoms with van der Waals surface area (Å²) in [5.74, 6) is 1.49. The van der Waals surface area contributed by atoms with Gasteiger partial charge in [-0.15, -0.1) is 21.5 Å². The Kier molecular flexibility index (Phi) is 5.17. The number of aromatic nitrogens is 4. The van der Waals surface area contributed by atoms with Crippen molar-refractivity contribution in [3.63, 3.8) is 0 Å². The van der Waals surface area contributed by atoms with Crippen molar-refractivity contribution in [1.82, 2.24) is 20.2 Å². The van der Waals surface area contributed by atoms with E-state index in [0.29, 0.717) is 28.1 Å². The minimum atomic E-state index is -0.137. The molecule has 0 aliphatic heterocycles. The highest BCUT2D eigenvalue weighted by Crippen LogP contribution is 2.31. The van der Waals surface area contributed by atoms with E-state index in [0.717, 1.165) is 32.6 Å². The third-order valence-electron chi connectivity index (χ3n) is 4.79. The molecule has 5 rings (SSSR count). The number of hydrogen-bond donors (Lipinski definition) is 1. The SMILES string of the molecule is Cc1cc(C)cc(-c2nnc(SCc3nc4scc(-c5ccccc5)c4c(=O)[nH]3)o2)c1. The summed E-state index contributed by atoms with van der Waals surface area (Å²) in [7, 11) is 0. The topological polar surface area (TPSA) is 84.7 Å². The van der Waals surface area contributed by atoms with Crippen LogP contribution in [-0.2, 0) is 5.75 Å². The van der Waals surface area contributed by atoms with E-state index in [1.165, 1.54) is 23.1 Å². The Balaban J connectivity index is 1.37. The summed E-state index contributed by atoms with van der Waals surface area (Å²) in [5.41, 5.74) is 4.96. The highest BCUT2D eigenvalue weighted by atomic mass is 32.2. The van der Waals surface area contributed by atoms with Crippen LogP contribution in [0.3, 0.4) is 0 Å². The van der Waals surface area contributed by atoms with Crippen LogP contribution in [0.1, 0.15) is 17.0 Å². The Morgan fingerprint density at radius 2 is 1.81 bits per heavy atom. The van der Waals surface area contributed by atoms with Crippen molar-refractivity contribution in [3.8, 4) is 22.6 Å². The molecule has 0 spiro atoms. The van der Waals surface area contributed by atoms with Crippen molar-refractivity contribution < 1.29 is 4.42 Å². The van der Waals surface area contributed by atoms with Gasteiger partial charge < -0.3 is 9.40 Å². The minimum absolute atomic E-state index is 0.137. The van der Waals surface area contributed by atoms with E-state index >= 15 is 0 Å². The number of aromatic amines is 1. The smallest absolute Gasteiger partial charge is 0.277 e. The molecule has 3 heterocycles. The Labute approximate surface area is 186 Å². The second kappa shape index (κ2) is 8.13. The van der Waals surface area contributed by atoms with Crippen LogP contribution in [0.15, 0.2) is 68.3 Å². The molecular formula is C23H18N4O2S2. The Bertz CT molecular complexity index is 1420. The number of aryl methyl sites for hydroxylation is 2. The highest BCUT2D eigenvalue weighted by molar-refractivity contribution is 7.98. The molecule has 0 radical (unpaired) electrons. The predicted octanol–water partition coefficient (Wildman–Crippen LogP) is 5.61. The predicted molar refractivity (Wildman–Crippen MR) is 124 cm³/mol. The van der Waals surface area contributed by atoms with Gasteiger partial charge in [0.1, 0.15) is 10.7 Å². The lowest BCUT2D eigenvalue weighted by molar-refractivity contribution is 0.465. The van der Waals surface area contributed by atoms with Gasteiger partial charge in [-0.2, -0.15) is 0 Å². The monoisotopic (exact) mass is 446 g/mol. The van der Waals surface area contributed by atoms with Gasteiger partial charge in [0.15, 0.2) is 0 Å². The number of hydrogen-bond acceptors (Lipinski definition) is 7. The Morgan fingerprint density at radius 3 is 2.58 bits per heavy atom. The fourth-order valence-electron chi connectivity index (χ4n) is 3.51. The zero-order valence-corrected chi connectivity index (χ0v) is 18.5. The molecule has 0 bridgehead atoms. The molecule has 0 saturated heterocycles. The molecule has 0 atom stereocenters. The summed E-state index contributed by atoms with van der Waals surface area (Å²) < 4.78 is 5.80. The molecule has 31 heavy (non-hydrogen) atoms. The number of rotatable bonds is 5. The lowest BCUT2D eigenvalue weighted by Gasteiger charge is -2.01. The van der Waals surface area contributed by atoms with Gasteiger partial charge in [-0.05, 0) is 31.5 Å². The maximum atomic E-state index is 12.8. The summed E-state index contributed by atoms with van der Waals surface area (Å²) in [6, 6.07) is 16.0. The number of thioether (sulfide) groups is 1. The maximum Gasteiger partial charge on any atom is 0.277 e. The number of nitrogens with zero attached hydrogens (tertiary/aromatic N) is 3. The van der Waals surface area contributed by atoms with E-state index in [9.17, 15) is 4.79 Å². The van der Waals surface area contributed by atoms with Crippen LogP contribution in [0.2, 0.25) is 0 Å². The molecule has 3 aromatic heterocycles. The van der Waals surface area contributed by atoms with Crippen molar-refractivity contribution in [3.05, 3.63) is 81.2 Å². The quantitative estimate of drug-likeness (QED) is 0.353. The average molecular weight is 447 g/mol. The normalized spacial score (nSPS) is 11.3. The molecule has 0 aliphatic carbocycles. The first-order valence-corrected chi connectivity index (χ1v) is 11.5. The van der Waals surface area contributed by atoms with E-state index in [2.05, 4.69) is 26.2 Å². The third kappa shape index (κ3) is 4.04. The van der Waals surface area contributed by atoms with Gasteiger partial charge in [0, 0.05) is 16.5 Å². The molecule has 0 aliphatic rings. The standard InChI is InChI=1S/C23H18N4O2S2/c1-13-8-14(2)10-16(9-13)21-26-27-23(29-21)31-12-18-24-20(28)19-17(11-30-22(19)25-18)15-6-4-3-5-7-15/h3-11H,12H2,1-2H3,(H,24,25,28). The maximum absolute atomic E-state index is 12.8. The van der Waals surface area contributed by atoms with Crippen molar-refractivity contribution in [2.75, 3.05) is 0 Å². The van der Waals surface area contributed by atoms with Crippen LogP contribution in [0.5, 0.6) is 0 Å². The summed E-state index contributed by atoms with van der Waals surface area (Å²) in [5, 5.41) is 11.3. The zero-order valence-electron chi connectivity index (χ0n) is 16.9. The van der Waals surface area contributed by atoms with Crippen molar-refractivity contribution in [1.29, 1.82) is 0 Å². The summed E-state index contributed by atoms with van der Waals surface area (Å²) in [6.07, 6.45) is 0. The van der Waals surface area contributed by atoms with Gasteiger partial charge in [-0.1, -0.05) is 59.3 Å². The number of nitrogens with one attached hydrogen (secondary N) is 1. The molecule has 0 fully saturated rings. The Hall–Kier alpha value is -3.23. The molecule has 8 heteroatoms. The van der Waals surface area contributed by atoms with Crippen LogP contribution in [-0.4, -0.2) is 20.2 Å². The van der Waals surface area contributed by atoms with Gasteiger partial charge >= 0.3 is 0 Å². The number of thiophene rings is 1. The van der Waals surface area contributed by atoms with Gasteiger partial charge in [-0.25, -0.2) is 4.98 Å². The average Bonchev–Trinajstić information content (AvgIpc) is 3.40. The largest absolute Gasteiger partial charge is 0.411 e. The van der Waals surface area contributed by atoms with Crippen molar-refractivity contribution in [2.45, 2.75) is 24.8 Å². The van der Waals surface area contributed by atoms with Crippen molar-refractivity contribution >= 4 is 33.3 Å². The number of benzene rings is 2. The molecule has 5 aromatic rings. The summed E-state index contributed by atoms with van der Waals surface area (Å²) in [6.45, 7) is 4.07. The van der Waals surface area contributed by atoms with Crippen LogP contribution >= 0.6 is 23.1 Å². The van der Waals surface area contributed by atoms with Crippen molar-refractivity contribution in [2.24, 2.45) is 0 Å². The molecule has 0 saturated carbocycles. The first kappa shape index (κ1) is 19.7. The van der Waals surface area contributed by atoms with Gasteiger partial charge in [-0.3, -0.25) is 4.79 Å². The number of H-pyrrole nitrogens is 1. The zero-order chi connectivity index (χ0) is 21.4. The van der Waals surface area contributed by atoms with Crippen LogP contribution in [0, 0.1) is 13.8 Å². The molecular weight excluding hydrogens is 428 g/mol. The fraction of sp³-hybridized carbons (Fsp3) is 0.130. The van der Waals surface area contributed by atoms with Gasteiger partial charge in [0.25, 0.3) is 10.8 Å². The first-order valence-electron chi connectivity index (χ1n) is 9.67. The molecule has 154 valence electrons. The van der Waals surface area contributed by atoms with E-state index in [-0.39, 0.29) is 5.56 Å². The van der Waals surface area contributed by atoms with Gasteiger partial charge in [0.05, 0.1) is 11.1 Å².